The van der Waals surface area contributed by atoms with Crippen LogP contribution < -0.4 is 16.0 Å². The Morgan fingerprint density at radius 3 is 2.31 bits per heavy atom. The summed E-state index contributed by atoms with van der Waals surface area (Å²) in [5.74, 6) is -1.28. The van der Waals surface area contributed by atoms with E-state index in [1.165, 1.54) is 0 Å². The summed E-state index contributed by atoms with van der Waals surface area (Å²) in [7, 11) is 0. The molecule has 8 heteroatoms. The van der Waals surface area contributed by atoms with Crippen LogP contribution in [0.2, 0.25) is 0 Å². The van der Waals surface area contributed by atoms with E-state index >= 15 is 0 Å². The second-order valence-electron chi connectivity index (χ2n) is 8.32. The van der Waals surface area contributed by atoms with Crippen LogP contribution in [0, 0.1) is 12.8 Å². The van der Waals surface area contributed by atoms with Crippen molar-refractivity contribution in [1.29, 1.82) is 0 Å². The van der Waals surface area contributed by atoms with Gasteiger partial charge in [-0.2, -0.15) is 0 Å². The monoisotopic (exact) mass is 434 g/mol. The third-order valence-electron chi connectivity index (χ3n) is 6.10. The minimum absolute atomic E-state index is 0.0207. The van der Waals surface area contributed by atoms with Crippen molar-refractivity contribution < 1.29 is 19.2 Å². The van der Waals surface area contributed by atoms with E-state index in [0.29, 0.717) is 16.8 Å². The molecule has 1 saturated heterocycles. The minimum atomic E-state index is -0.359. The molecule has 1 fully saturated rings. The van der Waals surface area contributed by atoms with Gasteiger partial charge in [0, 0.05) is 43.3 Å². The van der Waals surface area contributed by atoms with E-state index in [0.717, 1.165) is 42.1 Å². The quantitative estimate of drug-likeness (QED) is 0.678. The highest BCUT2D eigenvalue weighted by molar-refractivity contribution is 6.21. The lowest BCUT2D eigenvalue weighted by molar-refractivity contribution is -0.122. The molecule has 8 nitrogen and oxygen atoms in total. The topological polar surface area (TPSA) is 113 Å². The summed E-state index contributed by atoms with van der Waals surface area (Å²) < 4.78 is 0. The lowest BCUT2D eigenvalue weighted by atomic mass is 9.96. The van der Waals surface area contributed by atoms with Crippen molar-refractivity contribution in [3.05, 3.63) is 59.2 Å². The van der Waals surface area contributed by atoms with Crippen LogP contribution in [0.3, 0.4) is 0 Å². The lowest BCUT2D eigenvalue weighted by Crippen LogP contribution is -2.38. The molecule has 0 aliphatic carbocycles. The Kier molecular flexibility index (Phi) is 5.94. The second kappa shape index (κ2) is 8.82. The first-order valence-electron chi connectivity index (χ1n) is 10.7. The molecule has 4 rings (SSSR count). The van der Waals surface area contributed by atoms with Crippen LogP contribution in [-0.4, -0.2) is 48.2 Å². The number of primary amides is 1. The summed E-state index contributed by atoms with van der Waals surface area (Å²) >= 11 is 0. The fourth-order valence-electron chi connectivity index (χ4n) is 4.22. The molecule has 2 aromatic carbocycles. The van der Waals surface area contributed by atoms with Gasteiger partial charge in [-0.3, -0.25) is 24.1 Å². The predicted octanol–water partition coefficient (Wildman–Crippen LogP) is 2.32. The largest absolute Gasteiger partial charge is 0.371 e. The number of imide groups is 1. The first kappa shape index (κ1) is 21.5. The predicted molar refractivity (Wildman–Crippen MR) is 120 cm³/mol. The Bertz CT molecular complexity index is 1070. The average molecular weight is 434 g/mol. The van der Waals surface area contributed by atoms with E-state index in [4.69, 9.17) is 5.73 Å². The molecular formula is C24H26N4O4. The van der Waals surface area contributed by atoms with Gasteiger partial charge in [-0.25, -0.2) is 0 Å². The van der Waals surface area contributed by atoms with Gasteiger partial charge < -0.3 is 16.0 Å². The molecule has 0 radical (unpaired) electrons. The van der Waals surface area contributed by atoms with Crippen LogP contribution in [0.4, 0.5) is 11.4 Å². The number of nitrogens with two attached hydrogens (primary N) is 1. The van der Waals surface area contributed by atoms with Gasteiger partial charge in [0.1, 0.15) is 0 Å². The Hall–Kier alpha value is -3.68. The number of nitrogens with zero attached hydrogens (tertiary/aromatic N) is 2. The van der Waals surface area contributed by atoms with Crippen molar-refractivity contribution >= 4 is 35.0 Å². The Morgan fingerprint density at radius 2 is 1.66 bits per heavy atom. The van der Waals surface area contributed by atoms with Crippen LogP contribution in [0.5, 0.6) is 0 Å². The molecule has 2 aliphatic heterocycles. The maximum Gasteiger partial charge on any atom is 0.261 e. The van der Waals surface area contributed by atoms with Gasteiger partial charge in [0.2, 0.25) is 11.8 Å². The van der Waals surface area contributed by atoms with Crippen LogP contribution >= 0.6 is 0 Å². The number of hydrogen-bond acceptors (Lipinski definition) is 5. The van der Waals surface area contributed by atoms with Gasteiger partial charge in [-0.05, 0) is 56.2 Å². The molecule has 2 heterocycles. The number of hydrogen-bond donors (Lipinski definition) is 2. The number of carbonyl (C=O) groups is 4. The van der Waals surface area contributed by atoms with Crippen molar-refractivity contribution in [2.24, 2.45) is 11.7 Å². The summed E-state index contributed by atoms with van der Waals surface area (Å²) in [6.07, 6.45) is 1.50. The third-order valence-corrected chi connectivity index (χ3v) is 6.10. The summed E-state index contributed by atoms with van der Waals surface area (Å²) in [5.41, 5.74) is 8.74. The minimum Gasteiger partial charge on any atom is -0.371 e. The van der Waals surface area contributed by atoms with Crippen LogP contribution in [0.25, 0.3) is 0 Å². The average Bonchev–Trinajstić information content (AvgIpc) is 3.02. The SMILES string of the molecule is Cc1ccc2c(c1)C(=O)N(CCC(=O)Nc1ccc(N3CCC(C(N)=O)CC3)cc1)C2=O. The number of anilines is 2. The maximum absolute atomic E-state index is 12.5. The molecule has 3 N–H and O–H groups in total. The van der Waals surface area contributed by atoms with Gasteiger partial charge >= 0.3 is 0 Å². The van der Waals surface area contributed by atoms with Gasteiger partial charge in [0.15, 0.2) is 0 Å². The number of carbonyl (C=O) groups excluding carboxylic acids is 4. The number of benzene rings is 2. The van der Waals surface area contributed by atoms with E-state index in [1.807, 2.05) is 31.2 Å². The highest BCUT2D eigenvalue weighted by Crippen LogP contribution is 2.26. The van der Waals surface area contributed by atoms with Crippen molar-refractivity contribution in [2.75, 3.05) is 29.9 Å². The van der Waals surface area contributed by atoms with Crippen LogP contribution in [0.1, 0.15) is 45.5 Å². The number of aryl methyl sites for hydroxylation is 1. The smallest absolute Gasteiger partial charge is 0.261 e. The molecule has 2 aliphatic rings. The molecule has 0 bridgehead atoms. The molecule has 2 aromatic rings. The van der Waals surface area contributed by atoms with E-state index in [9.17, 15) is 19.2 Å². The van der Waals surface area contributed by atoms with Crippen LogP contribution in [0.15, 0.2) is 42.5 Å². The zero-order valence-electron chi connectivity index (χ0n) is 18.0. The normalized spacial score (nSPS) is 16.3. The van der Waals surface area contributed by atoms with Crippen molar-refractivity contribution in [2.45, 2.75) is 26.2 Å². The highest BCUT2D eigenvalue weighted by Gasteiger charge is 2.35. The summed E-state index contributed by atoms with van der Waals surface area (Å²) in [6, 6.07) is 12.6. The van der Waals surface area contributed by atoms with Gasteiger partial charge in [-0.1, -0.05) is 11.6 Å². The molecule has 0 atom stereocenters. The van der Waals surface area contributed by atoms with Crippen molar-refractivity contribution in [3.63, 3.8) is 0 Å². The first-order chi connectivity index (χ1) is 15.3. The van der Waals surface area contributed by atoms with Crippen molar-refractivity contribution in [1.82, 2.24) is 4.90 Å². The molecule has 0 saturated carbocycles. The maximum atomic E-state index is 12.5. The summed E-state index contributed by atoms with van der Waals surface area (Å²) in [6.45, 7) is 3.42. The molecule has 0 aromatic heterocycles. The molecule has 0 unspecified atom stereocenters. The second-order valence-corrected chi connectivity index (χ2v) is 8.32. The summed E-state index contributed by atoms with van der Waals surface area (Å²) in [5, 5.41) is 2.81. The number of amides is 4. The first-order valence-corrected chi connectivity index (χ1v) is 10.7. The fraction of sp³-hybridized carbons (Fsp3) is 0.333. The fourth-order valence-corrected chi connectivity index (χ4v) is 4.22. The van der Waals surface area contributed by atoms with Gasteiger partial charge in [-0.15, -0.1) is 0 Å². The van der Waals surface area contributed by atoms with Crippen LogP contribution in [-0.2, 0) is 9.59 Å². The van der Waals surface area contributed by atoms with Crippen molar-refractivity contribution in [3.8, 4) is 0 Å². The summed E-state index contributed by atoms with van der Waals surface area (Å²) in [4.78, 5) is 52.0. The number of nitrogens with one attached hydrogen (secondary N) is 1. The Labute approximate surface area is 186 Å². The number of fused-ring (bicyclic) bond motifs is 1. The molecular weight excluding hydrogens is 408 g/mol. The standard InChI is InChI=1S/C24H26N4O4/c1-15-2-7-19-20(14-15)24(32)28(23(19)31)13-10-21(29)26-17-3-5-18(6-4-17)27-11-8-16(9-12-27)22(25)30/h2-7,14,16H,8-13H2,1H3,(H2,25,30)(H,26,29). The Morgan fingerprint density at radius 1 is 1.00 bits per heavy atom. The number of piperidine rings is 1. The molecule has 32 heavy (non-hydrogen) atoms. The number of rotatable bonds is 6. The zero-order chi connectivity index (χ0) is 22.8. The molecule has 0 spiro atoms. The van der Waals surface area contributed by atoms with Gasteiger partial charge in [0.05, 0.1) is 11.1 Å². The lowest BCUT2D eigenvalue weighted by Gasteiger charge is -2.32. The molecule has 4 amide bonds. The van der Waals surface area contributed by atoms with E-state index in [-0.39, 0.29) is 42.5 Å². The molecule has 166 valence electrons. The Balaban J connectivity index is 1.29. The van der Waals surface area contributed by atoms with E-state index < -0.39 is 0 Å². The van der Waals surface area contributed by atoms with E-state index in [2.05, 4.69) is 10.2 Å². The van der Waals surface area contributed by atoms with E-state index in [1.54, 1.807) is 18.2 Å². The highest BCUT2D eigenvalue weighted by atomic mass is 16.2. The zero-order valence-corrected chi connectivity index (χ0v) is 18.0. The van der Waals surface area contributed by atoms with Gasteiger partial charge in [0.25, 0.3) is 11.8 Å². The third kappa shape index (κ3) is 4.34.